The average Bonchev–Trinajstić information content (AvgIpc) is 3.17. The number of hydrogen-bond acceptors (Lipinski definition) is 6. The molecule has 0 radical (unpaired) electrons. The number of rotatable bonds is 6. The Hall–Kier alpha value is -3.92. The molecule has 0 spiro atoms. The minimum Gasteiger partial charge on any atom is -0.496 e. The minimum atomic E-state index is -3.94. The molecule has 9 nitrogen and oxygen atoms in total. The third kappa shape index (κ3) is 3.67. The van der Waals surface area contributed by atoms with Crippen LogP contribution in [0.4, 0.5) is 5.69 Å². The van der Waals surface area contributed by atoms with Crippen LogP contribution in [0.1, 0.15) is 10.4 Å². The summed E-state index contributed by atoms with van der Waals surface area (Å²) in [7, 11) is -2.57. The van der Waals surface area contributed by atoms with Gasteiger partial charge in [0, 0.05) is 29.8 Å². The molecule has 0 aliphatic heterocycles. The van der Waals surface area contributed by atoms with Crippen molar-refractivity contribution in [2.75, 3.05) is 11.8 Å². The maximum absolute atomic E-state index is 12.7. The lowest BCUT2D eigenvalue weighted by molar-refractivity contribution is 0.0997. The molecule has 1 amide bonds. The van der Waals surface area contributed by atoms with Gasteiger partial charge < -0.3 is 10.5 Å². The summed E-state index contributed by atoms with van der Waals surface area (Å²) in [5.74, 6) is -0.00927. The number of primary amides is 1. The molecule has 0 bridgehead atoms. The van der Waals surface area contributed by atoms with Crippen LogP contribution in [0.5, 0.6) is 5.75 Å². The summed E-state index contributed by atoms with van der Waals surface area (Å²) in [6.45, 7) is 0. The lowest BCUT2D eigenvalue weighted by Crippen LogP contribution is -2.16. The van der Waals surface area contributed by atoms with Crippen LogP contribution in [0.2, 0.25) is 0 Å². The lowest BCUT2D eigenvalue weighted by Gasteiger charge is -2.11. The number of fused-ring (bicyclic) bond motifs is 1. The zero-order valence-electron chi connectivity index (χ0n) is 15.8. The molecule has 0 saturated heterocycles. The second-order valence-corrected chi connectivity index (χ2v) is 8.04. The van der Waals surface area contributed by atoms with Crippen molar-refractivity contribution in [2.45, 2.75) is 4.90 Å². The quantitative estimate of drug-likeness (QED) is 0.490. The SMILES string of the molecule is COc1ccc(S(=O)(=O)Nc2ccc(-c3cn4cccnc4n3)cc2)cc1C(N)=O. The molecule has 0 aliphatic rings. The molecule has 30 heavy (non-hydrogen) atoms. The highest BCUT2D eigenvalue weighted by molar-refractivity contribution is 7.92. The van der Waals surface area contributed by atoms with E-state index in [-0.39, 0.29) is 16.2 Å². The van der Waals surface area contributed by atoms with Crippen molar-refractivity contribution in [3.8, 4) is 17.0 Å². The Labute approximate surface area is 172 Å². The number of nitrogens with one attached hydrogen (secondary N) is 1. The molecule has 0 atom stereocenters. The summed E-state index contributed by atoms with van der Waals surface area (Å²) in [6.07, 6.45) is 5.34. The van der Waals surface area contributed by atoms with Gasteiger partial charge in [0.25, 0.3) is 15.9 Å². The molecule has 0 saturated carbocycles. The van der Waals surface area contributed by atoms with Gasteiger partial charge in [-0.2, -0.15) is 0 Å². The molecule has 4 rings (SSSR count). The number of carbonyl (C=O) groups is 1. The number of amides is 1. The van der Waals surface area contributed by atoms with Crippen LogP contribution in [0, 0.1) is 0 Å². The van der Waals surface area contributed by atoms with Gasteiger partial charge in [0.05, 0.1) is 23.3 Å². The van der Waals surface area contributed by atoms with E-state index in [4.69, 9.17) is 10.5 Å². The molecule has 152 valence electrons. The standard InChI is InChI=1S/C20H17N5O4S/c1-29-18-8-7-15(11-16(18)19(21)26)30(27,28)24-14-5-3-13(4-6-14)17-12-25-10-2-9-22-20(25)23-17/h2-12,24H,1H3,(H2,21,26). The van der Waals surface area contributed by atoms with Gasteiger partial charge in [0.2, 0.25) is 5.78 Å². The van der Waals surface area contributed by atoms with Crippen molar-refractivity contribution in [2.24, 2.45) is 5.73 Å². The Balaban J connectivity index is 1.59. The van der Waals surface area contributed by atoms with Crippen molar-refractivity contribution in [1.82, 2.24) is 14.4 Å². The Kier molecular flexibility index (Phi) is 4.84. The number of aromatic nitrogens is 3. The van der Waals surface area contributed by atoms with Gasteiger partial charge in [-0.1, -0.05) is 12.1 Å². The van der Waals surface area contributed by atoms with Crippen molar-refractivity contribution in [3.63, 3.8) is 0 Å². The second kappa shape index (κ2) is 7.48. The number of nitrogens with two attached hydrogens (primary N) is 1. The molecule has 3 N–H and O–H groups in total. The van der Waals surface area contributed by atoms with Crippen molar-refractivity contribution in [1.29, 1.82) is 0 Å². The smallest absolute Gasteiger partial charge is 0.261 e. The van der Waals surface area contributed by atoms with Crippen molar-refractivity contribution in [3.05, 3.63) is 72.7 Å². The fraction of sp³-hybridized carbons (Fsp3) is 0.0500. The molecule has 0 unspecified atom stereocenters. The van der Waals surface area contributed by atoms with E-state index in [1.54, 1.807) is 40.9 Å². The van der Waals surface area contributed by atoms with Gasteiger partial charge >= 0.3 is 0 Å². The summed E-state index contributed by atoms with van der Waals surface area (Å²) >= 11 is 0. The Bertz CT molecular complexity index is 1310. The highest BCUT2D eigenvalue weighted by Gasteiger charge is 2.19. The first-order valence-electron chi connectivity index (χ1n) is 8.78. The number of carbonyl (C=O) groups excluding carboxylic acids is 1. The number of methoxy groups -OCH3 is 1. The second-order valence-electron chi connectivity index (χ2n) is 6.36. The van der Waals surface area contributed by atoms with Gasteiger partial charge in [-0.15, -0.1) is 0 Å². The molecule has 0 fully saturated rings. The lowest BCUT2D eigenvalue weighted by atomic mass is 10.1. The van der Waals surface area contributed by atoms with E-state index < -0.39 is 15.9 Å². The molecule has 10 heteroatoms. The van der Waals surface area contributed by atoms with E-state index >= 15 is 0 Å². The predicted octanol–water partition coefficient (Wildman–Crippen LogP) is 2.30. The normalized spacial score (nSPS) is 11.4. The molecular weight excluding hydrogens is 406 g/mol. The van der Waals surface area contributed by atoms with Crippen LogP contribution in [0.25, 0.3) is 17.0 Å². The first-order valence-corrected chi connectivity index (χ1v) is 10.3. The van der Waals surface area contributed by atoms with Gasteiger partial charge in [-0.3, -0.25) is 13.9 Å². The van der Waals surface area contributed by atoms with E-state index in [2.05, 4.69) is 14.7 Å². The minimum absolute atomic E-state index is 0.0174. The third-order valence-corrected chi connectivity index (χ3v) is 5.79. The Morgan fingerprint density at radius 1 is 1.17 bits per heavy atom. The first-order chi connectivity index (χ1) is 14.4. The van der Waals surface area contributed by atoms with E-state index in [1.807, 2.05) is 12.4 Å². The van der Waals surface area contributed by atoms with Crippen molar-refractivity contribution >= 4 is 27.4 Å². The molecule has 0 aliphatic carbocycles. The summed E-state index contributed by atoms with van der Waals surface area (Å²) < 4.78 is 34.8. The van der Waals surface area contributed by atoms with Gasteiger partial charge in [0.15, 0.2) is 0 Å². The maximum Gasteiger partial charge on any atom is 0.261 e. The average molecular weight is 423 g/mol. The van der Waals surface area contributed by atoms with E-state index in [1.165, 1.54) is 25.3 Å². The zero-order valence-corrected chi connectivity index (χ0v) is 16.6. The Morgan fingerprint density at radius 2 is 1.93 bits per heavy atom. The number of ether oxygens (including phenoxy) is 1. The van der Waals surface area contributed by atoms with E-state index in [9.17, 15) is 13.2 Å². The zero-order chi connectivity index (χ0) is 21.3. The highest BCUT2D eigenvalue weighted by atomic mass is 32.2. The van der Waals surface area contributed by atoms with Crippen LogP contribution in [-0.4, -0.2) is 35.8 Å². The molecule has 4 aromatic rings. The number of hydrogen-bond donors (Lipinski definition) is 2. The van der Waals surface area contributed by atoms with Crippen LogP contribution >= 0.6 is 0 Å². The van der Waals surface area contributed by atoms with E-state index in [0.29, 0.717) is 17.2 Å². The molecule has 2 aromatic carbocycles. The van der Waals surface area contributed by atoms with Crippen LogP contribution < -0.4 is 15.2 Å². The van der Waals surface area contributed by atoms with Gasteiger partial charge in [-0.25, -0.2) is 18.4 Å². The molecular formula is C20H17N5O4S. The predicted molar refractivity (Wildman–Crippen MR) is 111 cm³/mol. The highest BCUT2D eigenvalue weighted by Crippen LogP contribution is 2.25. The summed E-state index contributed by atoms with van der Waals surface area (Å²) in [5, 5.41) is 0. The number of benzene rings is 2. The first kappa shape index (κ1) is 19.4. The monoisotopic (exact) mass is 423 g/mol. The van der Waals surface area contributed by atoms with Crippen LogP contribution in [-0.2, 0) is 10.0 Å². The summed E-state index contributed by atoms with van der Waals surface area (Å²) in [4.78, 5) is 20.1. The third-order valence-electron chi connectivity index (χ3n) is 4.42. The van der Waals surface area contributed by atoms with E-state index in [0.717, 1.165) is 5.56 Å². The summed E-state index contributed by atoms with van der Waals surface area (Å²) in [6, 6.07) is 12.5. The topological polar surface area (TPSA) is 129 Å². The molecule has 2 aromatic heterocycles. The summed E-state index contributed by atoms with van der Waals surface area (Å²) in [5.41, 5.74) is 7.17. The fourth-order valence-electron chi connectivity index (χ4n) is 2.94. The fourth-order valence-corrected chi connectivity index (χ4v) is 4.02. The van der Waals surface area contributed by atoms with Gasteiger partial charge in [-0.05, 0) is 36.4 Å². The number of sulfonamides is 1. The van der Waals surface area contributed by atoms with Crippen molar-refractivity contribution < 1.29 is 17.9 Å². The van der Waals surface area contributed by atoms with Crippen LogP contribution in [0.15, 0.2) is 72.0 Å². The number of nitrogens with zero attached hydrogens (tertiary/aromatic N) is 3. The van der Waals surface area contributed by atoms with Gasteiger partial charge in [0.1, 0.15) is 5.75 Å². The number of imidazole rings is 1. The molecule has 2 heterocycles. The Morgan fingerprint density at radius 3 is 2.60 bits per heavy atom. The van der Waals surface area contributed by atoms with Crippen LogP contribution in [0.3, 0.4) is 0 Å². The number of anilines is 1. The largest absolute Gasteiger partial charge is 0.496 e. The maximum atomic E-state index is 12.7.